The van der Waals surface area contributed by atoms with Crippen LogP contribution in [0.2, 0.25) is 22.7 Å². The van der Waals surface area contributed by atoms with E-state index in [4.69, 9.17) is 15.7 Å². The van der Waals surface area contributed by atoms with Crippen molar-refractivity contribution >= 4 is 13.4 Å². The van der Waals surface area contributed by atoms with Gasteiger partial charge in [-0.05, 0) is 25.7 Å². The van der Waals surface area contributed by atoms with Gasteiger partial charge in [-0.15, -0.1) is 0 Å². The van der Waals surface area contributed by atoms with E-state index in [0.717, 1.165) is 5.82 Å². The van der Waals surface area contributed by atoms with Gasteiger partial charge in [0.15, 0.2) is 0 Å². The van der Waals surface area contributed by atoms with Gasteiger partial charge in [-0.2, -0.15) is 0 Å². The quantitative estimate of drug-likeness (QED) is 0.385. The number of hydrogen-bond acceptors (Lipinski definition) is 0. The van der Waals surface area contributed by atoms with Crippen LogP contribution in [0.25, 0.3) is 0 Å². The normalized spacial score (nSPS) is 27.6. The first-order valence-electron chi connectivity index (χ1n) is 9.71. The topological polar surface area (TPSA) is 0 Å². The number of allylic oxidation sites excluding steroid dienone is 4. The van der Waals surface area contributed by atoms with Crippen LogP contribution in [0, 0.1) is 0 Å². The van der Waals surface area contributed by atoms with E-state index in [0.29, 0.717) is 13.4 Å². The Morgan fingerprint density at radius 3 is 1.78 bits per heavy atom. The molecule has 0 saturated carbocycles. The molecule has 130 valence electrons. The van der Waals surface area contributed by atoms with Gasteiger partial charge in [0.1, 0.15) is 0 Å². The molecule has 0 amide bonds. The van der Waals surface area contributed by atoms with Crippen LogP contribution in [0.3, 0.4) is 0 Å². The molecule has 2 unspecified atom stereocenters. The summed E-state index contributed by atoms with van der Waals surface area (Å²) in [4.78, 5) is 0. The summed E-state index contributed by atoms with van der Waals surface area (Å²) < 4.78 is 0.203. The Balaban J connectivity index is 0.000000277. The van der Waals surface area contributed by atoms with Crippen molar-refractivity contribution in [3.63, 3.8) is 0 Å². The molecule has 3 heteroatoms. The van der Waals surface area contributed by atoms with Crippen molar-refractivity contribution in [2.45, 2.75) is 88.9 Å². The van der Waals surface area contributed by atoms with Crippen LogP contribution < -0.4 is 0 Å². The number of hydrogen-bond donors (Lipinski definition) is 0. The molecule has 0 spiro atoms. The molecule has 0 aromatic rings. The Morgan fingerprint density at radius 2 is 1.48 bits per heavy atom. The van der Waals surface area contributed by atoms with Gasteiger partial charge >= 0.3 is 104 Å². The third kappa shape index (κ3) is 5.16. The second-order valence-corrected chi connectivity index (χ2v) is 7.87. The summed E-state index contributed by atoms with van der Waals surface area (Å²) in [5.41, 5.74) is 0. The van der Waals surface area contributed by atoms with Gasteiger partial charge < -0.3 is 0 Å². The molecule has 1 aliphatic carbocycles. The summed E-state index contributed by atoms with van der Waals surface area (Å²) in [5.74, 6) is 0.727. The van der Waals surface area contributed by atoms with Crippen molar-refractivity contribution in [3.8, 4) is 0 Å². The molecule has 0 N–H and O–H groups in total. The molecular weight excluding hydrogens is 321 g/mol. The minimum atomic E-state index is 0.203. The summed E-state index contributed by atoms with van der Waals surface area (Å²) in [6, 6.07) is 0. The molecule has 1 fully saturated rings. The molecular formula is C20H35B2Co. The van der Waals surface area contributed by atoms with Crippen LogP contribution in [0.1, 0.15) is 66.2 Å². The fraction of sp³-hybridized carbons (Fsp3) is 0.700. The van der Waals surface area contributed by atoms with Gasteiger partial charge in [-0.1, -0.05) is 24.3 Å². The molecule has 2 rings (SSSR count). The first kappa shape index (κ1) is 20.9. The van der Waals surface area contributed by atoms with Crippen molar-refractivity contribution in [1.82, 2.24) is 0 Å². The van der Waals surface area contributed by atoms with E-state index in [9.17, 15) is 0 Å². The first-order chi connectivity index (χ1) is 11.1. The maximum absolute atomic E-state index is 5.10. The fourth-order valence-corrected chi connectivity index (χ4v) is 5.35. The van der Waals surface area contributed by atoms with Crippen LogP contribution in [0.4, 0.5) is 0 Å². The van der Waals surface area contributed by atoms with E-state index in [1.807, 2.05) is 0 Å². The van der Waals surface area contributed by atoms with E-state index < -0.39 is 0 Å². The Labute approximate surface area is 154 Å². The minimum absolute atomic E-state index is 0.203. The van der Waals surface area contributed by atoms with E-state index in [-0.39, 0.29) is 4.25 Å². The van der Waals surface area contributed by atoms with Crippen molar-refractivity contribution < 1.29 is 15.7 Å². The van der Waals surface area contributed by atoms with Crippen molar-refractivity contribution in [3.05, 3.63) is 36.3 Å². The number of rotatable bonds is 4. The molecule has 1 heterocycles. The molecule has 0 nitrogen and oxygen atoms in total. The summed E-state index contributed by atoms with van der Waals surface area (Å²) in [6.45, 7) is 14.8. The molecule has 0 aromatic heterocycles. The summed E-state index contributed by atoms with van der Waals surface area (Å²) in [5, 5.41) is 1.47. The SMILES string of the molecule is C1=CCCC=CCC1.C=C1B(CC)C(CC)[C]([Co])(CC)B1CC. The van der Waals surface area contributed by atoms with E-state index in [2.05, 4.69) is 58.6 Å². The van der Waals surface area contributed by atoms with Crippen LogP contribution in [-0.2, 0) is 15.7 Å². The van der Waals surface area contributed by atoms with Gasteiger partial charge in [0, 0.05) is 0 Å². The molecule has 1 saturated heterocycles. The molecule has 23 heavy (non-hydrogen) atoms. The van der Waals surface area contributed by atoms with Crippen LogP contribution >= 0.6 is 0 Å². The van der Waals surface area contributed by atoms with Crippen LogP contribution in [0.5, 0.6) is 0 Å². The van der Waals surface area contributed by atoms with E-state index in [1.165, 1.54) is 56.5 Å². The second kappa shape index (κ2) is 10.7. The average molecular weight is 356 g/mol. The monoisotopic (exact) mass is 356 g/mol. The predicted octanol–water partition coefficient (Wildman–Crippen LogP) is 6.77. The zero-order chi connectivity index (χ0) is 17.3. The van der Waals surface area contributed by atoms with Crippen molar-refractivity contribution in [2.24, 2.45) is 0 Å². The van der Waals surface area contributed by atoms with Gasteiger partial charge in [-0.3, -0.25) is 0 Å². The first-order valence-corrected chi connectivity index (χ1v) is 10.2. The molecule has 2 aliphatic rings. The zero-order valence-corrected chi connectivity index (χ0v) is 16.8. The molecule has 2 atom stereocenters. The van der Waals surface area contributed by atoms with E-state index in [1.54, 1.807) is 0 Å². The van der Waals surface area contributed by atoms with Gasteiger partial charge in [-0.25, -0.2) is 0 Å². The molecule has 0 aromatic carbocycles. The Morgan fingerprint density at radius 1 is 1.00 bits per heavy atom. The summed E-state index contributed by atoms with van der Waals surface area (Å²) in [6.07, 6.45) is 18.8. The maximum atomic E-state index is 5.10. The molecule has 0 radical (unpaired) electrons. The molecule has 0 bridgehead atoms. The zero-order valence-electron chi connectivity index (χ0n) is 15.7. The Kier molecular flexibility index (Phi) is 9.69. The van der Waals surface area contributed by atoms with Gasteiger partial charge in [0.25, 0.3) is 0 Å². The third-order valence-electron chi connectivity index (χ3n) is 5.72. The van der Waals surface area contributed by atoms with E-state index >= 15 is 0 Å². The standard InChI is InChI=1S/C12H23B2.C8H12.Co/c1-6-11-12(7-2)14(9-4)10(5)13(11)8-3;1-2-4-6-8-7-5-3-1;/h11H,5-9H2,1-4H3;1-2,7-8H,3-6H2;. The summed E-state index contributed by atoms with van der Waals surface area (Å²) in [7, 11) is 0. The second-order valence-electron chi connectivity index (χ2n) is 6.90. The van der Waals surface area contributed by atoms with Gasteiger partial charge in [0.05, 0.1) is 0 Å². The fourth-order valence-electron chi connectivity index (χ4n) is 4.52. The van der Waals surface area contributed by atoms with Gasteiger partial charge in [0.2, 0.25) is 0 Å². The van der Waals surface area contributed by atoms with Crippen LogP contribution in [0.15, 0.2) is 36.3 Å². The Bertz CT molecular complexity index is 390. The Hall–Kier alpha value is -0.144. The summed E-state index contributed by atoms with van der Waals surface area (Å²) >= 11 is 5.10. The van der Waals surface area contributed by atoms with Crippen molar-refractivity contribution in [2.75, 3.05) is 0 Å². The molecule has 1 aliphatic heterocycles. The van der Waals surface area contributed by atoms with Crippen molar-refractivity contribution in [1.29, 1.82) is 0 Å². The third-order valence-corrected chi connectivity index (χ3v) is 6.84. The predicted molar refractivity (Wildman–Crippen MR) is 105 cm³/mol. The van der Waals surface area contributed by atoms with Crippen LogP contribution in [-0.4, -0.2) is 13.4 Å². The average Bonchev–Trinajstić information content (AvgIpc) is 2.73.